The topological polar surface area (TPSA) is 133 Å². The molecule has 180 valence electrons. The maximum atomic E-state index is 11.8. The molecule has 3 N–H and O–H groups in total. The number of hydrogen-bond donors (Lipinski definition) is 2. The molecule has 0 aliphatic heterocycles. The molecule has 1 atom stereocenters. The van der Waals surface area contributed by atoms with Crippen molar-refractivity contribution in [1.82, 2.24) is 0 Å². The standard InChI is InChI=1S/C18H19NO4.C7H8O3S/c19-16(18(21)23-13-15-9-5-2-6-10-15)11-17(20)22-12-14-7-3-1-4-8-14;1-6-2-4-7(5-3-6)11(8,9)10/h1-10,16H,11-13,19H2;2-5H,1H3,(H,8,9,10)/t16-;/m1./s1. The van der Waals surface area contributed by atoms with Gasteiger partial charge in [0.05, 0.1) is 11.3 Å². The van der Waals surface area contributed by atoms with Crippen molar-refractivity contribution in [3.63, 3.8) is 0 Å². The van der Waals surface area contributed by atoms with E-state index in [1.165, 1.54) is 12.1 Å². The zero-order chi connectivity index (χ0) is 25.0. The molecule has 0 bridgehead atoms. The molecule has 0 saturated heterocycles. The van der Waals surface area contributed by atoms with E-state index >= 15 is 0 Å². The maximum absolute atomic E-state index is 11.8. The minimum absolute atomic E-state index is 0.0666. The highest BCUT2D eigenvalue weighted by Gasteiger charge is 2.20. The fourth-order valence-corrected chi connectivity index (χ4v) is 3.09. The van der Waals surface area contributed by atoms with Crippen LogP contribution < -0.4 is 5.73 Å². The normalized spacial score (nSPS) is 11.5. The van der Waals surface area contributed by atoms with Gasteiger partial charge in [0.1, 0.15) is 19.3 Å². The summed E-state index contributed by atoms with van der Waals surface area (Å²) in [6.07, 6.45) is -0.208. The van der Waals surface area contributed by atoms with Gasteiger partial charge in [-0.25, -0.2) is 0 Å². The molecule has 3 aromatic rings. The molecule has 0 unspecified atom stereocenters. The van der Waals surface area contributed by atoms with Crippen LogP contribution in [0.3, 0.4) is 0 Å². The van der Waals surface area contributed by atoms with Gasteiger partial charge < -0.3 is 15.2 Å². The van der Waals surface area contributed by atoms with E-state index in [4.69, 9.17) is 19.8 Å². The first kappa shape index (κ1) is 26.7. The van der Waals surface area contributed by atoms with Crippen LogP contribution in [0.4, 0.5) is 0 Å². The van der Waals surface area contributed by atoms with E-state index in [0.29, 0.717) is 0 Å². The first-order valence-corrected chi connectivity index (χ1v) is 11.8. The SMILES string of the molecule is Cc1ccc(S(=O)(=O)O)cc1.N[C@H](CC(=O)OCc1ccccc1)C(=O)OCc1ccccc1. The minimum Gasteiger partial charge on any atom is -0.461 e. The minimum atomic E-state index is -4.02. The predicted molar refractivity (Wildman–Crippen MR) is 126 cm³/mol. The molecule has 3 rings (SSSR count). The van der Waals surface area contributed by atoms with Crippen LogP contribution in [0.1, 0.15) is 23.1 Å². The maximum Gasteiger partial charge on any atom is 0.323 e. The van der Waals surface area contributed by atoms with Crippen LogP contribution in [-0.2, 0) is 42.4 Å². The van der Waals surface area contributed by atoms with Gasteiger partial charge >= 0.3 is 11.9 Å². The van der Waals surface area contributed by atoms with Crippen LogP contribution in [0.15, 0.2) is 89.8 Å². The van der Waals surface area contributed by atoms with E-state index in [1.54, 1.807) is 12.1 Å². The molecule has 3 aromatic carbocycles. The molecule has 0 amide bonds. The fourth-order valence-electron chi connectivity index (χ4n) is 2.61. The Balaban J connectivity index is 0.000000310. The van der Waals surface area contributed by atoms with Gasteiger partial charge in [0.2, 0.25) is 0 Å². The number of aryl methyl sites for hydroxylation is 1. The summed E-state index contributed by atoms with van der Waals surface area (Å²) in [5.41, 5.74) is 8.37. The van der Waals surface area contributed by atoms with Crippen LogP contribution in [0, 0.1) is 6.92 Å². The Morgan fingerprint density at radius 1 is 0.824 bits per heavy atom. The fraction of sp³-hybridized carbons (Fsp3) is 0.200. The predicted octanol–water partition coefficient (Wildman–Crippen LogP) is 3.43. The molecular formula is C25H27NO7S. The van der Waals surface area contributed by atoms with Crippen molar-refractivity contribution < 1.29 is 32.0 Å². The Morgan fingerprint density at radius 2 is 1.29 bits per heavy atom. The molecule has 34 heavy (non-hydrogen) atoms. The van der Waals surface area contributed by atoms with Crippen LogP contribution in [0.5, 0.6) is 0 Å². The van der Waals surface area contributed by atoms with Crippen LogP contribution in [0.2, 0.25) is 0 Å². The van der Waals surface area contributed by atoms with Crippen LogP contribution in [-0.4, -0.2) is 31.0 Å². The van der Waals surface area contributed by atoms with E-state index in [0.717, 1.165) is 16.7 Å². The second-order valence-electron chi connectivity index (χ2n) is 7.34. The molecule has 0 radical (unpaired) electrons. The monoisotopic (exact) mass is 485 g/mol. The van der Waals surface area contributed by atoms with Crippen molar-refractivity contribution >= 4 is 22.1 Å². The van der Waals surface area contributed by atoms with Crippen molar-refractivity contribution in [3.05, 3.63) is 102 Å². The number of ether oxygens (including phenoxy) is 2. The third-order valence-corrected chi connectivity index (χ3v) is 5.34. The highest BCUT2D eigenvalue weighted by atomic mass is 32.2. The molecule has 0 fully saturated rings. The zero-order valence-electron chi connectivity index (χ0n) is 18.7. The van der Waals surface area contributed by atoms with E-state index in [2.05, 4.69) is 0 Å². The van der Waals surface area contributed by atoms with Crippen molar-refractivity contribution in [1.29, 1.82) is 0 Å². The van der Waals surface area contributed by atoms with Crippen molar-refractivity contribution in [2.75, 3.05) is 0 Å². The van der Waals surface area contributed by atoms with E-state index in [-0.39, 0.29) is 24.5 Å². The number of esters is 2. The third-order valence-electron chi connectivity index (χ3n) is 4.47. The van der Waals surface area contributed by atoms with Gasteiger partial charge in [-0.2, -0.15) is 8.42 Å². The summed E-state index contributed by atoms with van der Waals surface area (Å²) < 4.78 is 39.7. The largest absolute Gasteiger partial charge is 0.461 e. The average molecular weight is 486 g/mol. The Labute approximate surface area is 199 Å². The highest BCUT2D eigenvalue weighted by molar-refractivity contribution is 7.85. The van der Waals surface area contributed by atoms with E-state index in [1.807, 2.05) is 67.6 Å². The quantitative estimate of drug-likeness (QED) is 0.366. The lowest BCUT2D eigenvalue weighted by Gasteiger charge is -2.11. The number of benzene rings is 3. The van der Waals surface area contributed by atoms with Crippen LogP contribution >= 0.6 is 0 Å². The Bertz CT molecular complexity index is 1150. The third kappa shape index (κ3) is 9.95. The van der Waals surface area contributed by atoms with Gasteiger partial charge in [-0.05, 0) is 30.2 Å². The molecule has 0 spiro atoms. The molecule has 8 nitrogen and oxygen atoms in total. The summed E-state index contributed by atoms with van der Waals surface area (Å²) in [6.45, 7) is 2.13. The molecular weight excluding hydrogens is 458 g/mol. The van der Waals surface area contributed by atoms with Gasteiger partial charge in [-0.3, -0.25) is 14.1 Å². The first-order valence-electron chi connectivity index (χ1n) is 10.3. The molecule has 0 saturated carbocycles. The summed E-state index contributed by atoms with van der Waals surface area (Å²) in [4.78, 5) is 23.4. The van der Waals surface area contributed by atoms with Gasteiger partial charge in [-0.1, -0.05) is 78.4 Å². The molecule has 0 aliphatic rings. The number of carbonyl (C=O) groups excluding carboxylic acids is 2. The lowest BCUT2D eigenvalue weighted by atomic mass is 10.2. The van der Waals surface area contributed by atoms with Gasteiger partial charge in [0.15, 0.2) is 0 Å². The molecule has 0 heterocycles. The van der Waals surface area contributed by atoms with Gasteiger partial charge in [0, 0.05) is 0 Å². The van der Waals surface area contributed by atoms with E-state index < -0.39 is 28.1 Å². The second-order valence-corrected chi connectivity index (χ2v) is 8.76. The number of rotatable bonds is 8. The zero-order valence-corrected chi connectivity index (χ0v) is 19.5. The highest BCUT2D eigenvalue weighted by Crippen LogP contribution is 2.08. The second kappa shape index (κ2) is 13.2. The number of hydrogen-bond acceptors (Lipinski definition) is 7. The first-order chi connectivity index (χ1) is 16.1. The van der Waals surface area contributed by atoms with E-state index in [9.17, 15) is 18.0 Å². The Morgan fingerprint density at radius 3 is 1.76 bits per heavy atom. The lowest BCUT2D eigenvalue weighted by molar-refractivity contribution is -0.153. The van der Waals surface area contributed by atoms with Crippen molar-refractivity contribution in [2.45, 2.75) is 37.5 Å². The summed E-state index contributed by atoms with van der Waals surface area (Å²) in [5, 5.41) is 0. The summed E-state index contributed by atoms with van der Waals surface area (Å²) in [6, 6.07) is 23.5. The summed E-state index contributed by atoms with van der Waals surface area (Å²) in [7, 11) is -4.02. The lowest BCUT2D eigenvalue weighted by Crippen LogP contribution is -2.34. The Kier molecular flexibility index (Phi) is 10.4. The Hall–Kier alpha value is -3.53. The summed E-state index contributed by atoms with van der Waals surface area (Å²) in [5.74, 6) is -1.15. The van der Waals surface area contributed by atoms with Crippen LogP contribution in [0.25, 0.3) is 0 Å². The molecule has 9 heteroatoms. The van der Waals surface area contributed by atoms with Gasteiger partial charge in [-0.15, -0.1) is 0 Å². The van der Waals surface area contributed by atoms with Crippen molar-refractivity contribution in [2.24, 2.45) is 5.73 Å². The molecule has 0 aromatic heterocycles. The average Bonchev–Trinajstić information content (AvgIpc) is 2.82. The van der Waals surface area contributed by atoms with Gasteiger partial charge in [0.25, 0.3) is 10.1 Å². The number of nitrogens with two attached hydrogens (primary N) is 1. The summed E-state index contributed by atoms with van der Waals surface area (Å²) >= 11 is 0. The smallest absolute Gasteiger partial charge is 0.323 e. The van der Waals surface area contributed by atoms with Crippen molar-refractivity contribution in [3.8, 4) is 0 Å². The molecule has 0 aliphatic carbocycles. The number of carbonyl (C=O) groups is 2.